The van der Waals surface area contributed by atoms with Crippen molar-refractivity contribution in [3.63, 3.8) is 0 Å². The Labute approximate surface area is 71.0 Å². The van der Waals surface area contributed by atoms with Crippen LogP contribution in [0.3, 0.4) is 0 Å². The summed E-state index contributed by atoms with van der Waals surface area (Å²) in [5.74, 6) is 0. The van der Waals surface area contributed by atoms with Crippen LogP contribution >= 0.6 is 0 Å². The monoisotopic (exact) mass is 152 g/mol. The molecule has 0 heteroatoms. The summed E-state index contributed by atoms with van der Waals surface area (Å²) in [4.78, 5) is 0. The van der Waals surface area contributed by atoms with Gasteiger partial charge in [0.15, 0.2) is 0 Å². The van der Waals surface area contributed by atoms with Crippen LogP contribution in [0.1, 0.15) is 46.5 Å². The van der Waals surface area contributed by atoms with Gasteiger partial charge in [0.05, 0.1) is 0 Å². The van der Waals surface area contributed by atoms with Crippen LogP contribution in [0.5, 0.6) is 0 Å². The van der Waals surface area contributed by atoms with Crippen LogP contribution in [-0.2, 0) is 0 Å². The minimum atomic E-state index is 1.16. The molecule has 0 aromatic heterocycles. The molecule has 0 fully saturated rings. The van der Waals surface area contributed by atoms with Gasteiger partial charge in [-0.1, -0.05) is 50.5 Å². The summed E-state index contributed by atoms with van der Waals surface area (Å²) in [5, 5.41) is 0. The summed E-state index contributed by atoms with van der Waals surface area (Å²) in [5.41, 5.74) is 1.46. The molecule has 64 valence electrons. The third-order valence-corrected chi connectivity index (χ3v) is 1.80. The van der Waals surface area contributed by atoms with Crippen LogP contribution < -0.4 is 0 Å². The molecule has 0 unspecified atom stereocenters. The zero-order chi connectivity index (χ0) is 8.53. The van der Waals surface area contributed by atoms with Gasteiger partial charge in [-0.3, -0.25) is 0 Å². The van der Waals surface area contributed by atoms with E-state index >= 15 is 0 Å². The van der Waals surface area contributed by atoms with Gasteiger partial charge < -0.3 is 0 Å². The molecule has 0 aliphatic rings. The van der Waals surface area contributed by atoms with Crippen LogP contribution in [0, 0.1) is 0 Å². The van der Waals surface area contributed by atoms with Gasteiger partial charge in [-0.25, -0.2) is 0 Å². The molecule has 0 rings (SSSR count). The minimum Gasteiger partial charge on any atom is -0.0845 e. The third kappa shape index (κ3) is 7.38. The van der Waals surface area contributed by atoms with Gasteiger partial charge >= 0.3 is 0 Å². The standard InChI is InChI=1S/C11H20/c1-4-6-7-8-9-10-11(3)5-2/h8-10H,4-7H2,1-3H3. The maximum atomic E-state index is 2.25. The molecule has 0 aliphatic carbocycles. The van der Waals surface area contributed by atoms with Gasteiger partial charge in [0.25, 0.3) is 0 Å². The first-order valence-corrected chi connectivity index (χ1v) is 4.63. The highest BCUT2D eigenvalue weighted by molar-refractivity contribution is 5.09. The summed E-state index contributed by atoms with van der Waals surface area (Å²) < 4.78 is 0. The highest BCUT2D eigenvalue weighted by Crippen LogP contribution is 1.99. The fourth-order valence-electron chi connectivity index (χ4n) is 0.768. The van der Waals surface area contributed by atoms with Gasteiger partial charge in [0.2, 0.25) is 0 Å². The molecule has 0 atom stereocenters. The van der Waals surface area contributed by atoms with Crippen molar-refractivity contribution < 1.29 is 0 Å². The molecule has 0 heterocycles. The normalized spacial score (nSPS) is 12.8. The first-order chi connectivity index (χ1) is 5.31. The van der Waals surface area contributed by atoms with Crippen LogP contribution in [0.25, 0.3) is 0 Å². The lowest BCUT2D eigenvalue weighted by Gasteiger charge is -1.89. The molecule has 0 nitrogen and oxygen atoms in total. The summed E-state index contributed by atoms with van der Waals surface area (Å²) in [6.07, 6.45) is 11.6. The molecule has 0 N–H and O–H groups in total. The molecule has 0 spiro atoms. The topological polar surface area (TPSA) is 0 Å². The lowest BCUT2D eigenvalue weighted by molar-refractivity contribution is 0.815. The van der Waals surface area contributed by atoms with E-state index in [9.17, 15) is 0 Å². The fourth-order valence-corrected chi connectivity index (χ4v) is 0.768. The number of hydrogen-bond donors (Lipinski definition) is 0. The molecule has 0 amide bonds. The second-order valence-corrected chi connectivity index (χ2v) is 2.94. The average molecular weight is 152 g/mol. The fraction of sp³-hybridized carbons (Fsp3) is 0.636. The zero-order valence-corrected chi connectivity index (χ0v) is 8.06. The predicted molar refractivity (Wildman–Crippen MR) is 52.7 cm³/mol. The lowest BCUT2D eigenvalue weighted by Crippen LogP contribution is -1.69. The smallest absolute Gasteiger partial charge is 0.0348 e. The van der Waals surface area contributed by atoms with Crippen molar-refractivity contribution in [2.45, 2.75) is 46.5 Å². The highest BCUT2D eigenvalue weighted by Gasteiger charge is 1.79. The van der Waals surface area contributed by atoms with Crippen LogP contribution in [0.4, 0.5) is 0 Å². The summed E-state index contributed by atoms with van der Waals surface area (Å²) >= 11 is 0. The SMILES string of the molecule is CCCCC=CC=C(C)CC. The average Bonchev–Trinajstić information content (AvgIpc) is 2.04. The Bertz CT molecular complexity index is 129. The minimum absolute atomic E-state index is 1.16. The van der Waals surface area contributed by atoms with Gasteiger partial charge in [0, 0.05) is 0 Å². The zero-order valence-electron chi connectivity index (χ0n) is 8.06. The van der Waals surface area contributed by atoms with E-state index < -0.39 is 0 Å². The summed E-state index contributed by atoms with van der Waals surface area (Å²) in [6, 6.07) is 0. The van der Waals surface area contributed by atoms with E-state index in [0.717, 1.165) is 6.42 Å². The van der Waals surface area contributed by atoms with Crippen molar-refractivity contribution in [1.82, 2.24) is 0 Å². The quantitative estimate of drug-likeness (QED) is 0.411. The van der Waals surface area contributed by atoms with E-state index in [0.29, 0.717) is 0 Å². The molecular weight excluding hydrogens is 132 g/mol. The van der Waals surface area contributed by atoms with Crippen molar-refractivity contribution in [1.29, 1.82) is 0 Å². The van der Waals surface area contributed by atoms with E-state index in [1.807, 2.05) is 0 Å². The molecule has 11 heavy (non-hydrogen) atoms. The van der Waals surface area contributed by atoms with Crippen LogP contribution in [0.2, 0.25) is 0 Å². The molecule has 0 saturated heterocycles. The van der Waals surface area contributed by atoms with E-state index in [2.05, 4.69) is 39.0 Å². The second-order valence-electron chi connectivity index (χ2n) is 2.94. The number of rotatable bonds is 5. The van der Waals surface area contributed by atoms with Crippen LogP contribution in [-0.4, -0.2) is 0 Å². The van der Waals surface area contributed by atoms with E-state index in [1.165, 1.54) is 24.8 Å². The first kappa shape index (κ1) is 10.5. The molecule has 0 aliphatic heterocycles. The largest absolute Gasteiger partial charge is 0.0845 e. The number of hydrogen-bond acceptors (Lipinski definition) is 0. The number of unbranched alkanes of at least 4 members (excludes halogenated alkanes) is 2. The Morgan fingerprint density at radius 3 is 2.55 bits per heavy atom. The molecular formula is C11H20. The second kappa shape index (κ2) is 7.59. The first-order valence-electron chi connectivity index (χ1n) is 4.63. The summed E-state index contributed by atoms with van der Waals surface area (Å²) in [7, 11) is 0. The highest BCUT2D eigenvalue weighted by atomic mass is 13.9. The maximum Gasteiger partial charge on any atom is -0.0348 e. The van der Waals surface area contributed by atoms with Crippen molar-refractivity contribution in [2.24, 2.45) is 0 Å². The van der Waals surface area contributed by atoms with Crippen LogP contribution in [0.15, 0.2) is 23.8 Å². The van der Waals surface area contributed by atoms with Crippen molar-refractivity contribution in [3.05, 3.63) is 23.8 Å². The van der Waals surface area contributed by atoms with Crippen molar-refractivity contribution in [3.8, 4) is 0 Å². The van der Waals surface area contributed by atoms with Gasteiger partial charge in [-0.2, -0.15) is 0 Å². The molecule has 0 saturated carbocycles. The molecule has 0 bridgehead atoms. The Kier molecular flexibility index (Phi) is 7.23. The van der Waals surface area contributed by atoms with Gasteiger partial charge in [-0.15, -0.1) is 0 Å². The van der Waals surface area contributed by atoms with E-state index in [1.54, 1.807) is 0 Å². The third-order valence-electron chi connectivity index (χ3n) is 1.80. The molecule has 0 aromatic carbocycles. The Morgan fingerprint density at radius 1 is 1.27 bits per heavy atom. The van der Waals surface area contributed by atoms with Crippen molar-refractivity contribution >= 4 is 0 Å². The Morgan fingerprint density at radius 2 is 2.00 bits per heavy atom. The maximum absolute atomic E-state index is 2.25. The Balaban J connectivity index is 3.42. The number of allylic oxidation sites excluding steroid dienone is 4. The van der Waals surface area contributed by atoms with Gasteiger partial charge in [0.1, 0.15) is 0 Å². The predicted octanol–water partition coefficient (Wildman–Crippen LogP) is 4.09. The molecule has 0 radical (unpaired) electrons. The van der Waals surface area contributed by atoms with Crippen molar-refractivity contribution in [2.75, 3.05) is 0 Å². The lowest BCUT2D eigenvalue weighted by atomic mass is 10.2. The van der Waals surface area contributed by atoms with E-state index in [4.69, 9.17) is 0 Å². The van der Waals surface area contributed by atoms with Gasteiger partial charge in [-0.05, 0) is 19.8 Å². The Hall–Kier alpha value is -0.520. The summed E-state index contributed by atoms with van der Waals surface area (Å²) in [6.45, 7) is 6.58. The van der Waals surface area contributed by atoms with E-state index in [-0.39, 0.29) is 0 Å². The molecule has 0 aromatic rings.